The molecule has 6 nitrogen and oxygen atoms in total. The van der Waals surface area contributed by atoms with Crippen LogP contribution in [0.25, 0.3) is 10.2 Å². The van der Waals surface area contributed by atoms with Gasteiger partial charge in [0.15, 0.2) is 0 Å². The van der Waals surface area contributed by atoms with Gasteiger partial charge in [-0.3, -0.25) is 14.3 Å². The lowest BCUT2D eigenvalue weighted by Gasteiger charge is -2.26. The monoisotopic (exact) mass is 411 g/mol. The molecule has 29 heavy (non-hydrogen) atoms. The molecular formula is C22H25N3O3S. The van der Waals surface area contributed by atoms with Crippen molar-refractivity contribution in [2.45, 2.75) is 25.8 Å². The van der Waals surface area contributed by atoms with Crippen LogP contribution in [0.15, 0.2) is 35.4 Å². The molecule has 0 saturated carbocycles. The highest BCUT2D eigenvalue weighted by molar-refractivity contribution is 7.18. The number of aryl methyl sites for hydroxylation is 2. The average molecular weight is 412 g/mol. The minimum Gasteiger partial charge on any atom is -0.492 e. The van der Waals surface area contributed by atoms with Crippen LogP contribution >= 0.6 is 11.3 Å². The highest BCUT2D eigenvalue weighted by atomic mass is 32.1. The van der Waals surface area contributed by atoms with Crippen LogP contribution in [0.2, 0.25) is 0 Å². The molecule has 0 atom stereocenters. The minimum absolute atomic E-state index is 0.0671. The number of morpholine rings is 1. The lowest BCUT2D eigenvalue weighted by Crippen LogP contribution is -2.38. The van der Waals surface area contributed by atoms with E-state index < -0.39 is 0 Å². The molecule has 0 spiro atoms. The SMILES string of the molecule is O=c1c2c3c(sc2ncn1Cc1ccccc1OCCN1CCOCC1)CCC3. The van der Waals surface area contributed by atoms with Gasteiger partial charge >= 0.3 is 0 Å². The van der Waals surface area contributed by atoms with Crippen LogP contribution in [-0.4, -0.2) is 53.9 Å². The van der Waals surface area contributed by atoms with Crippen molar-refractivity contribution in [2.75, 3.05) is 39.5 Å². The van der Waals surface area contributed by atoms with Gasteiger partial charge in [-0.25, -0.2) is 4.98 Å². The van der Waals surface area contributed by atoms with Crippen molar-refractivity contribution in [2.24, 2.45) is 0 Å². The molecule has 2 aliphatic rings. The van der Waals surface area contributed by atoms with E-state index in [0.29, 0.717) is 13.2 Å². The van der Waals surface area contributed by atoms with Gasteiger partial charge in [-0.2, -0.15) is 0 Å². The minimum atomic E-state index is 0.0671. The predicted octanol–water partition coefficient (Wildman–Crippen LogP) is 2.71. The topological polar surface area (TPSA) is 56.6 Å². The molecule has 0 unspecified atom stereocenters. The van der Waals surface area contributed by atoms with Gasteiger partial charge in [0.25, 0.3) is 5.56 Å². The summed E-state index contributed by atoms with van der Waals surface area (Å²) >= 11 is 1.68. The normalized spacial score (nSPS) is 17.0. The molecule has 0 amide bonds. The summed E-state index contributed by atoms with van der Waals surface area (Å²) in [6.07, 6.45) is 4.90. The molecular weight excluding hydrogens is 386 g/mol. The zero-order chi connectivity index (χ0) is 19.6. The first-order chi connectivity index (χ1) is 14.3. The van der Waals surface area contributed by atoms with Gasteiger partial charge in [0.2, 0.25) is 0 Å². The summed E-state index contributed by atoms with van der Waals surface area (Å²) in [5.74, 6) is 0.836. The van der Waals surface area contributed by atoms with Gasteiger partial charge < -0.3 is 9.47 Å². The first-order valence-corrected chi connectivity index (χ1v) is 11.1. The summed E-state index contributed by atoms with van der Waals surface area (Å²) in [5.41, 5.74) is 2.30. The number of hydrogen-bond acceptors (Lipinski definition) is 6. The highest BCUT2D eigenvalue weighted by Crippen LogP contribution is 2.34. The summed E-state index contributed by atoms with van der Waals surface area (Å²) in [5, 5.41) is 0.829. The first-order valence-electron chi connectivity index (χ1n) is 10.3. The summed E-state index contributed by atoms with van der Waals surface area (Å²) in [6.45, 7) is 5.48. The molecule has 1 aliphatic heterocycles. The van der Waals surface area contributed by atoms with Gasteiger partial charge in [0.1, 0.15) is 17.2 Å². The van der Waals surface area contributed by atoms with Gasteiger partial charge in [0, 0.05) is 30.1 Å². The Morgan fingerprint density at radius 2 is 2.03 bits per heavy atom. The van der Waals surface area contributed by atoms with Gasteiger partial charge in [-0.1, -0.05) is 18.2 Å². The van der Waals surface area contributed by atoms with Crippen LogP contribution in [0.4, 0.5) is 0 Å². The molecule has 3 heterocycles. The summed E-state index contributed by atoms with van der Waals surface area (Å²) in [7, 11) is 0. The fourth-order valence-electron chi connectivity index (χ4n) is 4.20. The van der Waals surface area contributed by atoms with Gasteiger partial charge in [0.05, 0.1) is 31.5 Å². The number of nitrogens with zero attached hydrogens (tertiary/aromatic N) is 3. The van der Waals surface area contributed by atoms with Crippen molar-refractivity contribution in [1.82, 2.24) is 14.5 Å². The van der Waals surface area contributed by atoms with Crippen molar-refractivity contribution in [3.63, 3.8) is 0 Å². The molecule has 7 heteroatoms. The summed E-state index contributed by atoms with van der Waals surface area (Å²) < 4.78 is 13.2. The Morgan fingerprint density at radius 3 is 2.93 bits per heavy atom. The standard InChI is InChI=1S/C22H25N3O3S/c26-22-20-17-5-3-7-19(17)29-21(20)23-15-25(22)14-16-4-1-2-6-18(16)28-13-10-24-8-11-27-12-9-24/h1-2,4,6,15H,3,5,7-14H2. The molecule has 1 aromatic carbocycles. The largest absolute Gasteiger partial charge is 0.492 e. The second-order valence-electron chi connectivity index (χ2n) is 7.63. The third kappa shape index (κ3) is 3.82. The average Bonchev–Trinajstić information content (AvgIpc) is 3.33. The molecule has 1 fully saturated rings. The fourth-order valence-corrected chi connectivity index (χ4v) is 5.42. The molecule has 1 aliphatic carbocycles. The lowest BCUT2D eigenvalue weighted by atomic mass is 10.2. The van der Waals surface area contributed by atoms with Crippen LogP contribution in [-0.2, 0) is 24.1 Å². The van der Waals surface area contributed by atoms with Crippen molar-refractivity contribution >= 4 is 21.6 Å². The number of para-hydroxylation sites is 1. The fraction of sp³-hybridized carbons (Fsp3) is 0.455. The van der Waals surface area contributed by atoms with Gasteiger partial charge in [-0.15, -0.1) is 11.3 Å². The van der Waals surface area contributed by atoms with E-state index in [4.69, 9.17) is 9.47 Å². The maximum absolute atomic E-state index is 13.2. The number of hydrogen-bond donors (Lipinski definition) is 0. The molecule has 3 aromatic rings. The maximum atomic E-state index is 13.2. The van der Waals surface area contributed by atoms with Crippen molar-refractivity contribution < 1.29 is 9.47 Å². The number of rotatable bonds is 6. The zero-order valence-electron chi connectivity index (χ0n) is 16.4. The molecule has 0 bridgehead atoms. The van der Waals surface area contributed by atoms with Crippen LogP contribution in [0.1, 0.15) is 22.4 Å². The second-order valence-corrected chi connectivity index (χ2v) is 8.71. The van der Waals surface area contributed by atoms with E-state index in [0.717, 1.165) is 73.6 Å². The van der Waals surface area contributed by atoms with E-state index in [9.17, 15) is 4.79 Å². The Labute approximate surface area is 173 Å². The number of ether oxygens (including phenoxy) is 2. The maximum Gasteiger partial charge on any atom is 0.262 e. The van der Waals surface area contributed by atoms with Gasteiger partial charge in [-0.05, 0) is 30.9 Å². The quantitative estimate of drug-likeness (QED) is 0.624. The molecule has 2 aromatic heterocycles. The molecule has 1 saturated heterocycles. The van der Waals surface area contributed by atoms with Crippen LogP contribution in [0.5, 0.6) is 5.75 Å². The van der Waals surface area contributed by atoms with Crippen LogP contribution in [0.3, 0.4) is 0 Å². The van der Waals surface area contributed by atoms with E-state index in [1.165, 1.54) is 10.4 Å². The molecule has 152 valence electrons. The third-order valence-electron chi connectivity index (χ3n) is 5.77. The van der Waals surface area contributed by atoms with Crippen molar-refractivity contribution in [3.8, 4) is 5.75 Å². The first kappa shape index (κ1) is 18.8. The third-order valence-corrected chi connectivity index (χ3v) is 6.97. The summed E-state index contributed by atoms with van der Waals surface area (Å²) in [6, 6.07) is 7.97. The van der Waals surface area contributed by atoms with E-state index in [1.807, 2.05) is 24.3 Å². The Morgan fingerprint density at radius 1 is 1.17 bits per heavy atom. The zero-order valence-corrected chi connectivity index (χ0v) is 17.2. The van der Waals surface area contributed by atoms with E-state index in [2.05, 4.69) is 9.88 Å². The number of thiophene rings is 1. The number of fused-ring (bicyclic) bond motifs is 3. The summed E-state index contributed by atoms with van der Waals surface area (Å²) in [4.78, 5) is 22.3. The Balaban J connectivity index is 1.34. The van der Waals surface area contributed by atoms with E-state index >= 15 is 0 Å². The Hall–Kier alpha value is -2.22. The Bertz CT molecular complexity index is 1070. The van der Waals surface area contributed by atoms with Crippen molar-refractivity contribution in [1.29, 1.82) is 0 Å². The number of benzene rings is 1. The number of aromatic nitrogens is 2. The smallest absolute Gasteiger partial charge is 0.262 e. The Kier molecular flexibility index (Phi) is 5.35. The van der Waals surface area contributed by atoms with Crippen LogP contribution < -0.4 is 10.3 Å². The molecule has 0 N–H and O–H groups in total. The predicted molar refractivity (Wildman–Crippen MR) is 114 cm³/mol. The lowest BCUT2D eigenvalue weighted by molar-refractivity contribution is 0.0322. The molecule has 0 radical (unpaired) electrons. The highest BCUT2D eigenvalue weighted by Gasteiger charge is 2.21. The van der Waals surface area contributed by atoms with E-state index in [1.54, 1.807) is 22.2 Å². The van der Waals surface area contributed by atoms with Crippen molar-refractivity contribution in [3.05, 3.63) is 57.0 Å². The van der Waals surface area contributed by atoms with E-state index in [-0.39, 0.29) is 5.56 Å². The van der Waals surface area contributed by atoms with Crippen LogP contribution in [0, 0.1) is 0 Å². The molecule has 5 rings (SSSR count). The second kappa shape index (κ2) is 8.26.